The number of esters is 2. The van der Waals surface area contributed by atoms with Crippen molar-refractivity contribution in [3.63, 3.8) is 0 Å². The molecular formula is C61H106O5. The summed E-state index contributed by atoms with van der Waals surface area (Å²) in [7, 11) is 0. The molecule has 0 amide bonds. The van der Waals surface area contributed by atoms with Crippen molar-refractivity contribution in [1.82, 2.24) is 0 Å². The summed E-state index contributed by atoms with van der Waals surface area (Å²) in [6.07, 6.45) is 74.6. The molecule has 5 nitrogen and oxygen atoms in total. The Bertz CT molecular complexity index is 1220. The lowest BCUT2D eigenvalue weighted by molar-refractivity contribution is -0.163. The number of ether oxygens (including phenoxy) is 3. The van der Waals surface area contributed by atoms with Gasteiger partial charge < -0.3 is 14.2 Å². The van der Waals surface area contributed by atoms with Crippen LogP contribution in [0.5, 0.6) is 0 Å². The SMILES string of the molecule is CC/C=C\C/C=C\C/C=C\C/C=C\CCCCCCC(=O)O[C@H](COCCCCCCCCCCCCCCCCCC)COC(=O)CCC/C=C\C/C=C\C/C=C\CCCCCCCC. The summed E-state index contributed by atoms with van der Waals surface area (Å²) in [5, 5.41) is 0. The van der Waals surface area contributed by atoms with Gasteiger partial charge in [0.05, 0.1) is 6.61 Å². The maximum atomic E-state index is 12.8. The Morgan fingerprint density at radius 2 is 0.697 bits per heavy atom. The molecule has 0 aromatic heterocycles. The van der Waals surface area contributed by atoms with E-state index in [1.165, 1.54) is 135 Å². The zero-order valence-corrected chi connectivity index (χ0v) is 43.7. The van der Waals surface area contributed by atoms with E-state index < -0.39 is 6.10 Å². The minimum Gasteiger partial charge on any atom is -0.462 e. The fourth-order valence-electron chi connectivity index (χ4n) is 7.75. The second kappa shape index (κ2) is 56.4. The number of hydrogen-bond acceptors (Lipinski definition) is 5. The van der Waals surface area contributed by atoms with Crippen molar-refractivity contribution in [2.75, 3.05) is 19.8 Å². The van der Waals surface area contributed by atoms with Crippen molar-refractivity contribution in [3.05, 3.63) is 85.1 Å². The Morgan fingerprint density at radius 3 is 1.14 bits per heavy atom. The number of rotatable bonds is 51. The van der Waals surface area contributed by atoms with Crippen molar-refractivity contribution < 1.29 is 23.8 Å². The van der Waals surface area contributed by atoms with Gasteiger partial charge in [-0.05, 0) is 89.9 Å². The minimum atomic E-state index is -0.572. The Labute approximate surface area is 409 Å². The fourth-order valence-corrected chi connectivity index (χ4v) is 7.75. The second-order valence-electron chi connectivity index (χ2n) is 18.5. The molecule has 0 rings (SSSR count). The van der Waals surface area contributed by atoms with Gasteiger partial charge in [-0.3, -0.25) is 9.59 Å². The van der Waals surface area contributed by atoms with Crippen molar-refractivity contribution >= 4 is 11.9 Å². The van der Waals surface area contributed by atoms with Gasteiger partial charge in [0.25, 0.3) is 0 Å². The standard InChI is InChI=1S/C61H106O5/c1-4-7-10-13-16-19-22-25-28-31-33-36-39-42-45-48-51-54-60(62)65-58-59(57-64-56-53-50-47-44-41-38-35-30-27-24-21-18-15-12-9-6-3)66-61(63)55-52-49-46-43-40-37-34-32-29-26-23-20-17-14-11-8-5-2/h8,11,17,20,25-26,28-29,33-34,36-37,42,45,59H,4-7,9-10,12-16,18-19,21-24,27,30-32,35,38-41,43-44,46-58H2,1-3H3/b11-8-,20-17-,28-25-,29-26-,36-33-,37-34-,45-42-/t59-/m1/s1. The van der Waals surface area contributed by atoms with Gasteiger partial charge in [-0.2, -0.15) is 0 Å². The number of carbonyl (C=O) groups is 2. The predicted octanol–water partition coefficient (Wildman–Crippen LogP) is 19.2. The molecule has 0 N–H and O–H groups in total. The zero-order valence-electron chi connectivity index (χ0n) is 43.7. The Morgan fingerprint density at radius 1 is 0.348 bits per heavy atom. The van der Waals surface area contributed by atoms with Gasteiger partial charge >= 0.3 is 11.9 Å². The predicted molar refractivity (Wildman–Crippen MR) is 288 cm³/mol. The molecular weight excluding hydrogens is 813 g/mol. The number of carbonyl (C=O) groups excluding carboxylic acids is 2. The van der Waals surface area contributed by atoms with Crippen molar-refractivity contribution in [1.29, 1.82) is 0 Å². The summed E-state index contributed by atoms with van der Waals surface area (Å²) in [6.45, 7) is 7.66. The maximum absolute atomic E-state index is 12.8. The van der Waals surface area contributed by atoms with Crippen LogP contribution in [-0.4, -0.2) is 37.9 Å². The molecule has 0 aromatic rings. The first-order chi connectivity index (χ1) is 32.6. The Kier molecular flexibility index (Phi) is 53.9. The third kappa shape index (κ3) is 53.7. The van der Waals surface area contributed by atoms with Crippen LogP contribution in [0.2, 0.25) is 0 Å². The number of hydrogen-bond donors (Lipinski definition) is 0. The van der Waals surface area contributed by atoms with Gasteiger partial charge in [-0.1, -0.05) is 247 Å². The fraction of sp³-hybridized carbons (Fsp3) is 0.738. The normalized spacial score (nSPS) is 12.8. The monoisotopic (exact) mass is 919 g/mol. The minimum absolute atomic E-state index is 0.0481. The highest BCUT2D eigenvalue weighted by atomic mass is 16.6. The van der Waals surface area contributed by atoms with E-state index in [2.05, 4.69) is 106 Å². The summed E-state index contributed by atoms with van der Waals surface area (Å²) >= 11 is 0. The molecule has 1 atom stereocenters. The molecule has 380 valence electrons. The number of unbranched alkanes of at least 4 members (excludes halogenated alkanes) is 26. The molecule has 0 unspecified atom stereocenters. The highest BCUT2D eigenvalue weighted by Gasteiger charge is 2.17. The van der Waals surface area contributed by atoms with E-state index in [4.69, 9.17) is 14.2 Å². The number of allylic oxidation sites excluding steroid dienone is 14. The smallest absolute Gasteiger partial charge is 0.306 e. The molecule has 0 aromatic carbocycles. The van der Waals surface area contributed by atoms with Crippen molar-refractivity contribution in [2.45, 2.75) is 271 Å². The van der Waals surface area contributed by atoms with Crippen LogP contribution in [0.4, 0.5) is 0 Å². The average Bonchev–Trinajstić information content (AvgIpc) is 3.32. The molecule has 0 bridgehead atoms. The molecule has 0 saturated heterocycles. The second-order valence-corrected chi connectivity index (χ2v) is 18.5. The lowest BCUT2D eigenvalue weighted by Gasteiger charge is -2.18. The molecule has 0 heterocycles. The molecule has 0 fully saturated rings. The topological polar surface area (TPSA) is 61.8 Å². The first-order valence-electron chi connectivity index (χ1n) is 28.1. The van der Waals surface area contributed by atoms with Gasteiger partial charge in [-0.15, -0.1) is 0 Å². The van der Waals surface area contributed by atoms with Crippen molar-refractivity contribution in [3.8, 4) is 0 Å². The molecule has 0 saturated carbocycles. The van der Waals surface area contributed by atoms with Crippen LogP contribution < -0.4 is 0 Å². The molecule has 0 aliphatic rings. The summed E-state index contributed by atoms with van der Waals surface area (Å²) in [5.41, 5.74) is 0. The van der Waals surface area contributed by atoms with E-state index in [-0.39, 0.29) is 25.2 Å². The van der Waals surface area contributed by atoms with Gasteiger partial charge in [0, 0.05) is 19.4 Å². The van der Waals surface area contributed by atoms with E-state index in [9.17, 15) is 9.59 Å². The Hall–Kier alpha value is -2.92. The van der Waals surface area contributed by atoms with Crippen LogP contribution in [0, 0.1) is 0 Å². The first kappa shape index (κ1) is 63.1. The van der Waals surface area contributed by atoms with Crippen LogP contribution in [0.1, 0.15) is 265 Å². The van der Waals surface area contributed by atoms with E-state index >= 15 is 0 Å². The van der Waals surface area contributed by atoms with Gasteiger partial charge in [0.15, 0.2) is 6.10 Å². The van der Waals surface area contributed by atoms with E-state index in [0.29, 0.717) is 19.4 Å². The molecule has 0 aliphatic heterocycles. The van der Waals surface area contributed by atoms with E-state index in [1.807, 2.05) is 0 Å². The molecule has 0 spiro atoms. The quantitative estimate of drug-likeness (QED) is 0.0346. The molecule has 5 heteroatoms. The highest BCUT2D eigenvalue weighted by molar-refractivity contribution is 5.70. The largest absolute Gasteiger partial charge is 0.462 e. The highest BCUT2D eigenvalue weighted by Crippen LogP contribution is 2.15. The summed E-state index contributed by atoms with van der Waals surface area (Å²) in [6, 6.07) is 0. The summed E-state index contributed by atoms with van der Waals surface area (Å²) in [5.74, 6) is -0.479. The third-order valence-corrected chi connectivity index (χ3v) is 11.9. The lowest BCUT2D eigenvalue weighted by atomic mass is 10.0. The first-order valence-corrected chi connectivity index (χ1v) is 28.1. The van der Waals surface area contributed by atoms with Gasteiger partial charge in [0.2, 0.25) is 0 Å². The maximum Gasteiger partial charge on any atom is 0.306 e. The van der Waals surface area contributed by atoms with Crippen LogP contribution in [0.3, 0.4) is 0 Å². The molecule has 0 radical (unpaired) electrons. The Balaban J connectivity index is 4.39. The van der Waals surface area contributed by atoms with Crippen LogP contribution in [-0.2, 0) is 23.8 Å². The van der Waals surface area contributed by atoms with E-state index in [1.54, 1.807) is 0 Å². The summed E-state index contributed by atoms with van der Waals surface area (Å²) in [4.78, 5) is 25.5. The zero-order chi connectivity index (χ0) is 47.7. The van der Waals surface area contributed by atoms with Crippen LogP contribution >= 0.6 is 0 Å². The third-order valence-electron chi connectivity index (χ3n) is 11.9. The van der Waals surface area contributed by atoms with E-state index in [0.717, 1.165) is 96.3 Å². The molecule has 0 aliphatic carbocycles. The lowest BCUT2D eigenvalue weighted by Crippen LogP contribution is -2.30. The van der Waals surface area contributed by atoms with Crippen LogP contribution in [0.25, 0.3) is 0 Å². The average molecular weight is 920 g/mol. The molecule has 66 heavy (non-hydrogen) atoms. The van der Waals surface area contributed by atoms with Gasteiger partial charge in [-0.25, -0.2) is 0 Å². The summed E-state index contributed by atoms with van der Waals surface area (Å²) < 4.78 is 17.4. The van der Waals surface area contributed by atoms with Crippen LogP contribution in [0.15, 0.2) is 85.1 Å². The van der Waals surface area contributed by atoms with Gasteiger partial charge in [0.1, 0.15) is 6.61 Å². The van der Waals surface area contributed by atoms with Crippen molar-refractivity contribution in [2.24, 2.45) is 0 Å².